The summed E-state index contributed by atoms with van der Waals surface area (Å²) in [5.41, 5.74) is 2.42. The number of halogens is 2. The van der Waals surface area contributed by atoms with E-state index in [4.69, 9.17) is 4.74 Å². The lowest BCUT2D eigenvalue weighted by Gasteiger charge is -2.22. The van der Waals surface area contributed by atoms with Gasteiger partial charge in [-0.25, -0.2) is 28.4 Å². The molecule has 0 saturated heterocycles. The lowest BCUT2D eigenvalue weighted by atomic mass is 9.91. The second-order valence-corrected chi connectivity index (χ2v) is 7.97. The van der Waals surface area contributed by atoms with Crippen LogP contribution in [0.2, 0.25) is 0 Å². The Morgan fingerprint density at radius 3 is 2.76 bits per heavy atom. The first-order valence-corrected chi connectivity index (χ1v) is 10.6. The zero-order valence-corrected chi connectivity index (χ0v) is 18.2. The number of aromatic nitrogens is 6. The molecule has 0 bridgehead atoms. The van der Waals surface area contributed by atoms with Crippen LogP contribution < -0.4 is 4.74 Å². The first-order chi connectivity index (χ1) is 16.0. The van der Waals surface area contributed by atoms with E-state index in [1.165, 1.54) is 6.07 Å². The fraction of sp³-hybridized carbons (Fsp3) is 0.250. The van der Waals surface area contributed by atoms with Gasteiger partial charge in [0.15, 0.2) is 29.0 Å². The average Bonchev–Trinajstić information content (AvgIpc) is 3.45. The smallest absolute Gasteiger partial charge is 0.180 e. The molecule has 1 atom stereocenters. The molecule has 4 aromatic rings. The highest BCUT2D eigenvalue weighted by molar-refractivity contribution is 5.67. The number of ether oxygens (including phenoxy) is 1. The van der Waals surface area contributed by atoms with Gasteiger partial charge in [-0.05, 0) is 61.2 Å². The van der Waals surface area contributed by atoms with Gasteiger partial charge in [-0.3, -0.25) is 4.57 Å². The molecule has 0 amide bonds. The summed E-state index contributed by atoms with van der Waals surface area (Å²) in [6, 6.07) is 5.91. The summed E-state index contributed by atoms with van der Waals surface area (Å²) in [4.78, 5) is 13.4. The molecule has 1 aromatic carbocycles. The number of hydrogen-bond acceptors (Lipinski definition) is 5. The van der Waals surface area contributed by atoms with E-state index in [0.717, 1.165) is 42.5 Å². The largest absolute Gasteiger partial charge is 0.493 e. The second-order valence-electron chi connectivity index (χ2n) is 7.97. The van der Waals surface area contributed by atoms with E-state index < -0.39 is 11.6 Å². The fourth-order valence-corrected chi connectivity index (χ4v) is 4.08. The number of aryl methyl sites for hydroxylation is 2. The molecule has 0 fully saturated rings. The molecule has 0 aliphatic carbocycles. The van der Waals surface area contributed by atoms with Crippen molar-refractivity contribution in [3.05, 3.63) is 83.1 Å². The number of benzene rings is 1. The Hall–Kier alpha value is -3.88. The first kappa shape index (κ1) is 21.0. The number of methoxy groups -OCH3 is 1. The van der Waals surface area contributed by atoms with Crippen LogP contribution in [0.4, 0.5) is 8.78 Å². The number of pyridine rings is 1. The molecule has 7 nitrogen and oxygen atoms in total. The predicted molar refractivity (Wildman–Crippen MR) is 119 cm³/mol. The Morgan fingerprint density at radius 2 is 2.00 bits per heavy atom. The zero-order chi connectivity index (χ0) is 22.9. The molecular formula is C24H22F2N6O. The number of fused-ring (bicyclic) bond motifs is 1. The van der Waals surface area contributed by atoms with Crippen molar-refractivity contribution in [2.75, 3.05) is 7.11 Å². The molecule has 0 spiro atoms. The van der Waals surface area contributed by atoms with Crippen LogP contribution in [0.5, 0.6) is 5.75 Å². The normalized spacial score (nSPS) is 15.7. The lowest BCUT2D eigenvalue weighted by Crippen LogP contribution is -2.18. The topological polar surface area (TPSA) is 70.7 Å². The Kier molecular flexibility index (Phi) is 5.45. The molecular weight excluding hydrogens is 426 g/mol. The summed E-state index contributed by atoms with van der Waals surface area (Å²) >= 11 is 0. The van der Waals surface area contributed by atoms with E-state index >= 15 is 0 Å². The monoisotopic (exact) mass is 448 g/mol. The van der Waals surface area contributed by atoms with Gasteiger partial charge in [0, 0.05) is 24.9 Å². The third-order valence-corrected chi connectivity index (χ3v) is 5.69. The summed E-state index contributed by atoms with van der Waals surface area (Å²) in [5, 5.41) is 4.58. The van der Waals surface area contributed by atoms with Crippen LogP contribution in [0.3, 0.4) is 0 Å². The molecule has 0 radical (unpaired) electrons. The van der Waals surface area contributed by atoms with Crippen molar-refractivity contribution in [1.29, 1.82) is 0 Å². The molecule has 9 heteroatoms. The minimum Gasteiger partial charge on any atom is -0.493 e. The maximum absolute atomic E-state index is 13.8. The van der Waals surface area contributed by atoms with Crippen LogP contribution in [0.25, 0.3) is 18.0 Å². The van der Waals surface area contributed by atoms with Crippen molar-refractivity contribution in [3.63, 3.8) is 0 Å². The Balaban J connectivity index is 1.41. The van der Waals surface area contributed by atoms with Crippen molar-refractivity contribution in [2.45, 2.75) is 32.2 Å². The van der Waals surface area contributed by atoms with E-state index in [0.29, 0.717) is 23.0 Å². The molecule has 168 valence electrons. The zero-order valence-electron chi connectivity index (χ0n) is 18.2. The quantitative estimate of drug-likeness (QED) is 0.448. The molecule has 1 aliphatic rings. The highest BCUT2D eigenvalue weighted by Gasteiger charge is 2.26. The first-order valence-electron chi connectivity index (χ1n) is 10.6. The molecule has 0 N–H and O–H groups in total. The maximum Gasteiger partial charge on any atom is 0.180 e. The number of nitrogens with zero attached hydrogens (tertiary/aromatic N) is 6. The Labute approximate surface area is 189 Å². The van der Waals surface area contributed by atoms with Gasteiger partial charge in [-0.2, -0.15) is 5.10 Å². The fourth-order valence-electron chi connectivity index (χ4n) is 4.08. The van der Waals surface area contributed by atoms with Crippen molar-refractivity contribution in [1.82, 2.24) is 29.3 Å². The van der Waals surface area contributed by atoms with E-state index in [2.05, 4.69) is 20.1 Å². The van der Waals surface area contributed by atoms with Gasteiger partial charge in [0.05, 0.1) is 12.8 Å². The van der Waals surface area contributed by atoms with Gasteiger partial charge in [0.2, 0.25) is 0 Å². The van der Waals surface area contributed by atoms with Crippen molar-refractivity contribution in [2.24, 2.45) is 0 Å². The molecule has 33 heavy (non-hydrogen) atoms. The predicted octanol–water partition coefficient (Wildman–Crippen LogP) is 4.55. The van der Waals surface area contributed by atoms with Crippen LogP contribution in [0.1, 0.15) is 47.2 Å². The summed E-state index contributed by atoms with van der Waals surface area (Å²) < 4.78 is 36.3. The van der Waals surface area contributed by atoms with E-state index in [9.17, 15) is 8.78 Å². The summed E-state index contributed by atoms with van der Waals surface area (Å²) in [7, 11) is 1.60. The van der Waals surface area contributed by atoms with E-state index in [1.54, 1.807) is 25.7 Å². The molecule has 4 heterocycles. The summed E-state index contributed by atoms with van der Waals surface area (Å²) in [5.74, 6) is 0.757. The van der Waals surface area contributed by atoms with Gasteiger partial charge < -0.3 is 4.74 Å². The molecule has 0 unspecified atom stereocenters. The highest BCUT2D eigenvalue weighted by atomic mass is 19.2. The van der Waals surface area contributed by atoms with Crippen LogP contribution >= 0.6 is 0 Å². The molecule has 0 saturated carbocycles. The van der Waals surface area contributed by atoms with Crippen LogP contribution in [-0.2, 0) is 6.54 Å². The van der Waals surface area contributed by atoms with Crippen LogP contribution in [-0.4, -0.2) is 36.4 Å². The minimum absolute atomic E-state index is 0.122. The molecule has 1 aliphatic heterocycles. The average molecular weight is 448 g/mol. The minimum atomic E-state index is -0.849. The Morgan fingerprint density at radius 1 is 1.12 bits per heavy atom. The summed E-state index contributed by atoms with van der Waals surface area (Å²) in [6.07, 6.45) is 10.7. The third-order valence-electron chi connectivity index (χ3n) is 5.69. The molecule has 3 aromatic heterocycles. The van der Waals surface area contributed by atoms with E-state index in [-0.39, 0.29) is 5.92 Å². The number of rotatable bonds is 5. The van der Waals surface area contributed by atoms with Gasteiger partial charge in [0.25, 0.3) is 0 Å². The Bertz CT molecular complexity index is 1340. The van der Waals surface area contributed by atoms with Gasteiger partial charge in [-0.15, -0.1) is 0 Å². The van der Waals surface area contributed by atoms with Gasteiger partial charge >= 0.3 is 0 Å². The number of imidazole rings is 1. The van der Waals surface area contributed by atoms with Crippen LogP contribution in [0, 0.1) is 18.6 Å². The molecule has 5 rings (SSSR count). The SMILES string of the molecule is COc1cc(C=Cc2nc3n(n2)CCC[C@@H]3c2ccc(F)c(F)c2)cnc1-n1cnc(C)c1. The van der Waals surface area contributed by atoms with Crippen LogP contribution in [0.15, 0.2) is 43.0 Å². The van der Waals surface area contributed by atoms with Crippen molar-refractivity contribution < 1.29 is 13.5 Å². The van der Waals surface area contributed by atoms with Gasteiger partial charge in [-0.1, -0.05) is 6.07 Å². The van der Waals surface area contributed by atoms with Gasteiger partial charge in [0.1, 0.15) is 12.2 Å². The van der Waals surface area contributed by atoms with Crippen molar-refractivity contribution in [3.8, 4) is 11.6 Å². The second kappa shape index (κ2) is 8.57. The highest BCUT2D eigenvalue weighted by Crippen LogP contribution is 2.33. The summed E-state index contributed by atoms with van der Waals surface area (Å²) in [6.45, 7) is 2.65. The number of hydrogen-bond donors (Lipinski definition) is 0. The van der Waals surface area contributed by atoms with E-state index in [1.807, 2.05) is 40.6 Å². The maximum atomic E-state index is 13.8. The lowest BCUT2D eigenvalue weighted by molar-refractivity contribution is 0.410. The van der Waals surface area contributed by atoms with Crippen molar-refractivity contribution >= 4 is 12.2 Å². The standard InChI is InChI=1S/C24H22F2N6O/c1-15-13-31(14-28-15)24-21(33-2)10-16(12-27-24)5-8-22-29-23-18(4-3-9-32(23)30-22)17-6-7-19(25)20(26)11-17/h5-8,10-14,18H,3-4,9H2,1-2H3/t18-/m1/s1. The third kappa shape index (κ3) is 4.13.